The smallest absolute Gasteiger partial charge is 0.253 e. The minimum Gasteiger partial charge on any atom is -0.454 e. The maximum atomic E-state index is 13.5. The molecule has 1 aliphatic carbocycles. The first kappa shape index (κ1) is 24.1. The third-order valence-electron chi connectivity index (χ3n) is 7.36. The van der Waals surface area contributed by atoms with Crippen molar-refractivity contribution in [2.75, 3.05) is 26.5 Å². The van der Waals surface area contributed by atoms with Crippen molar-refractivity contribution in [2.24, 2.45) is 0 Å². The van der Waals surface area contributed by atoms with E-state index < -0.39 is 5.41 Å². The number of Topliss-reactive ketones (excluding diaryl/α,β-unsaturated/α-hetero) is 1. The van der Waals surface area contributed by atoms with Crippen molar-refractivity contribution in [1.82, 2.24) is 4.90 Å². The van der Waals surface area contributed by atoms with Gasteiger partial charge in [0.25, 0.3) is 5.91 Å². The van der Waals surface area contributed by atoms with Gasteiger partial charge in [-0.3, -0.25) is 9.59 Å². The van der Waals surface area contributed by atoms with Crippen LogP contribution in [0.15, 0.2) is 60.7 Å². The van der Waals surface area contributed by atoms with Crippen molar-refractivity contribution in [2.45, 2.75) is 38.5 Å². The first-order valence-electron chi connectivity index (χ1n) is 12.5. The maximum absolute atomic E-state index is 13.5. The first-order chi connectivity index (χ1) is 17.4. The summed E-state index contributed by atoms with van der Waals surface area (Å²) >= 11 is 0. The summed E-state index contributed by atoms with van der Waals surface area (Å²) in [4.78, 5) is 27.8. The molecule has 0 bridgehead atoms. The van der Waals surface area contributed by atoms with Crippen molar-refractivity contribution >= 4 is 11.7 Å². The highest BCUT2D eigenvalue weighted by molar-refractivity contribution is 5.96. The minimum atomic E-state index is -0.437. The van der Waals surface area contributed by atoms with Gasteiger partial charge in [-0.05, 0) is 78.8 Å². The average Bonchev–Trinajstić information content (AvgIpc) is 3.58. The number of ether oxygens (including phenoxy) is 2. The number of rotatable bonds is 9. The predicted octanol–water partition coefficient (Wildman–Crippen LogP) is 4.69. The molecule has 1 saturated carbocycles. The van der Waals surface area contributed by atoms with Gasteiger partial charge in [0.2, 0.25) is 6.79 Å². The molecule has 1 N–H and O–H groups in total. The number of fused-ring (bicyclic) bond motifs is 1. The number of aliphatic hydroxyl groups excluding tert-OH is 1. The van der Waals surface area contributed by atoms with Crippen LogP contribution >= 0.6 is 0 Å². The largest absolute Gasteiger partial charge is 0.454 e. The lowest BCUT2D eigenvalue weighted by atomic mass is 9.87. The number of carbonyl (C=O) groups excluding carboxylic acids is 2. The normalized spacial score (nSPS) is 15.0. The number of aliphatic hydroxyl groups is 1. The van der Waals surface area contributed by atoms with Crippen LogP contribution in [0, 0.1) is 6.92 Å². The number of aryl methyl sites for hydroxylation is 1. The number of ketones is 1. The van der Waals surface area contributed by atoms with Crippen molar-refractivity contribution in [3.8, 4) is 22.6 Å². The van der Waals surface area contributed by atoms with Crippen LogP contribution in [-0.2, 0) is 16.6 Å². The zero-order chi connectivity index (χ0) is 25.3. The first-order valence-corrected chi connectivity index (χ1v) is 12.5. The zero-order valence-electron chi connectivity index (χ0n) is 20.8. The van der Waals surface area contributed by atoms with Crippen molar-refractivity contribution < 1.29 is 24.2 Å². The van der Waals surface area contributed by atoms with E-state index >= 15 is 0 Å². The van der Waals surface area contributed by atoms with E-state index in [1.54, 1.807) is 4.90 Å². The molecule has 3 aromatic rings. The highest BCUT2D eigenvalue weighted by atomic mass is 16.7. The number of carbonyl (C=O) groups is 2. The maximum Gasteiger partial charge on any atom is 0.253 e. The molecule has 186 valence electrons. The third-order valence-corrected chi connectivity index (χ3v) is 7.36. The third kappa shape index (κ3) is 4.49. The average molecular weight is 486 g/mol. The topological polar surface area (TPSA) is 76.1 Å². The molecule has 1 fully saturated rings. The molecule has 1 amide bonds. The number of nitrogens with zero attached hydrogens (tertiary/aromatic N) is 1. The molecule has 0 spiro atoms. The number of hydrogen-bond donors (Lipinski definition) is 1. The number of amides is 1. The van der Waals surface area contributed by atoms with Crippen LogP contribution < -0.4 is 9.47 Å². The Labute approximate surface area is 211 Å². The standard InChI is InChI=1S/C30H31NO5/c1-3-31(14-15-32)29(34)23-8-6-22(7-9-23)25-16-21(5-4-20(25)2)17-28(33)30(12-13-30)24-10-11-26-27(18-24)36-19-35-26/h4-11,16,18,32H,3,12-15,17,19H2,1-2H3. The fourth-order valence-electron chi connectivity index (χ4n) is 4.99. The van der Waals surface area contributed by atoms with Crippen LogP contribution in [0.4, 0.5) is 0 Å². The highest BCUT2D eigenvalue weighted by Gasteiger charge is 2.50. The van der Waals surface area contributed by atoms with Crippen LogP contribution in [0.5, 0.6) is 11.5 Å². The van der Waals surface area contributed by atoms with Crippen molar-refractivity contribution in [3.05, 3.63) is 82.9 Å². The molecule has 5 rings (SSSR count). The monoisotopic (exact) mass is 485 g/mol. The zero-order valence-corrected chi connectivity index (χ0v) is 20.8. The van der Waals surface area contributed by atoms with E-state index in [4.69, 9.17) is 9.47 Å². The van der Waals surface area contributed by atoms with Crippen molar-refractivity contribution in [3.63, 3.8) is 0 Å². The van der Waals surface area contributed by atoms with Gasteiger partial charge in [-0.2, -0.15) is 0 Å². The van der Waals surface area contributed by atoms with E-state index in [0.29, 0.717) is 30.8 Å². The Morgan fingerprint density at radius 3 is 2.42 bits per heavy atom. The summed E-state index contributed by atoms with van der Waals surface area (Å²) in [6.07, 6.45) is 2.07. The molecule has 0 saturated heterocycles. The Balaban J connectivity index is 1.34. The lowest BCUT2D eigenvalue weighted by Gasteiger charge is -2.20. The molecule has 3 aromatic carbocycles. The Morgan fingerprint density at radius 1 is 0.972 bits per heavy atom. The molecule has 1 aliphatic heterocycles. The molecule has 2 aliphatic rings. The van der Waals surface area contributed by atoms with Crippen LogP contribution in [-0.4, -0.2) is 48.2 Å². The summed E-state index contributed by atoms with van der Waals surface area (Å²) in [6, 6.07) is 19.6. The van der Waals surface area contributed by atoms with Gasteiger partial charge in [-0.1, -0.05) is 36.4 Å². The summed E-state index contributed by atoms with van der Waals surface area (Å²) in [5.74, 6) is 1.58. The molecule has 1 heterocycles. The lowest BCUT2D eigenvalue weighted by Crippen LogP contribution is -2.33. The molecule has 0 unspecified atom stereocenters. The predicted molar refractivity (Wildman–Crippen MR) is 137 cm³/mol. The van der Waals surface area contributed by atoms with Crippen molar-refractivity contribution in [1.29, 1.82) is 0 Å². The fraction of sp³-hybridized carbons (Fsp3) is 0.333. The summed E-state index contributed by atoms with van der Waals surface area (Å²) < 4.78 is 10.9. The van der Waals surface area contributed by atoms with Crippen LogP contribution in [0.1, 0.15) is 46.8 Å². The number of hydrogen-bond acceptors (Lipinski definition) is 5. The fourth-order valence-corrected chi connectivity index (χ4v) is 4.99. The van der Waals surface area contributed by atoms with Gasteiger partial charge in [0, 0.05) is 25.1 Å². The molecule has 6 heteroatoms. The molecule has 0 atom stereocenters. The van der Waals surface area contributed by atoms with E-state index in [2.05, 4.69) is 19.1 Å². The quantitative estimate of drug-likeness (QED) is 0.476. The van der Waals surface area contributed by atoms with Gasteiger partial charge in [0.05, 0.1) is 12.0 Å². The summed E-state index contributed by atoms with van der Waals surface area (Å²) in [5, 5.41) is 9.20. The van der Waals surface area contributed by atoms with Gasteiger partial charge in [0.15, 0.2) is 11.5 Å². The van der Waals surface area contributed by atoms with Crippen LogP contribution in [0.2, 0.25) is 0 Å². The van der Waals surface area contributed by atoms with Crippen LogP contribution in [0.3, 0.4) is 0 Å². The number of likely N-dealkylation sites (N-methyl/N-ethyl adjacent to an activating group) is 1. The van der Waals surface area contributed by atoms with E-state index in [0.717, 1.165) is 46.4 Å². The Morgan fingerprint density at radius 2 is 1.72 bits per heavy atom. The molecule has 6 nitrogen and oxygen atoms in total. The van der Waals surface area contributed by atoms with E-state index in [-0.39, 0.29) is 25.1 Å². The second kappa shape index (κ2) is 9.78. The van der Waals surface area contributed by atoms with Gasteiger partial charge < -0.3 is 19.5 Å². The summed E-state index contributed by atoms with van der Waals surface area (Å²) in [6.45, 7) is 4.98. The van der Waals surface area contributed by atoms with E-state index in [1.807, 2.05) is 55.5 Å². The minimum absolute atomic E-state index is 0.0572. The Hall–Kier alpha value is -3.64. The summed E-state index contributed by atoms with van der Waals surface area (Å²) in [7, 11) is 0. The van der Waals surface area contributed by atoms with E-state index in [1.165, 1.54) is 0 Å². The highest BCUT2D eigenvalue weighted by Crippen LogP contribution is 2.51. The van der Waals surface area contributed by atoms with Crippen LogP contribution in [0.25, 0.3) is 11.1 Å². The van der Waals surface area contributed by atoms with Gasteiger partial charge >= 0.3 is 0 Å². The number of benzene rings is 3. The SMILES string of the molecule is CCN(CCO)C(=O)c1ccc(-c2cc(CC(=O)C3(c4ccc5c(c4)OCO5)CC3)ccc2C)cc1. The molecule has 0 radical (unpaired) electrons. The molecule has 0 aromatic heterocycles. The Kier molecular flexibility index (Phi) is 6.54. The van der Waals surface area contributed by atoms with Gasteiger partial charge in [-0.25, -0.2) is 0 Å². The lowest BCUT2D eigenvalue weighted by molar-refractivity contribution is -0.120. The van der Waals surface area contributed by atoms with Gasteiger partial charge in [0.1, 0.15) is 5.78 Å². The summed E-state index contributed by atoms with van der Waals surface area (Å²) in [5.41, 5.74) is 5.30. The molecule has 36 heavy (non-hydrogen) atoms. The second-order valence-corrected chi connectivity index (χ2v) is 9.59. The molecular weight excluding hydrogens is 454 g/mol. The molecular formula is C30H31NO5. The Bertz CT molecular complexity index is 1290. The second-order valence-electron chi connectivity index (χ2n) is 9.59. The van der Waals surface area contributed by atoms with Gasteiger partial charge in [-0.15, -0.1) is 0 Å². The van der Waals surface area contributed by atoms with E-state index in [9.17, 15) is 14.7 Å².